The minimum Gasteiger partial charge on any atom is -0.318 e. The number of nitrogens with one attached hydrogen (secondary N) is 1. The highest BCUT2D eigenvalue weighted by atomic mass is 19.4. The van der Waals surface area contributed by atoms with E-state index >= 15 is 0 Å². The van der Waals surface area contributed by atoms with Crippen LogP contribution in [-0.4, -0.2) is 37.8 Å². The molecule has 0 atom stereocenters. The van der Waals surface area contributed by atoms with Crippen molar-refractivity contribution >= 4 is 0 Å². The molecule has 0 spiro atoms. The summed E-state index contributed by atoms with van der Waals surface area (Å²) < 4.78 is 37.3. The Bertz CT molecular complexity index is 346. The van der Waals surface area contributed by atoms with E-state index in [-0.39, 0.29) is 0 Å². The summed E-state index contributed by atoms with van der Waals surface area (Å²) in [5.41, 5.74) is 2.01. The van der Waals surface area contributed by atoms with E-state index in [2.05, 4.69) is 5.32 Å². The minimum absolute atomic E-state index is 0.321. The molecule has 1 aromatic carbocycles. The van der Waals surface area contributed by atoms with Crippen molar-refractivity contribution in [2.75, 3.05) is 26.7 Å². The van der Waals surface area contributed by atoms with Gasteiger partial charge >= 0.3 is 6.18 Å². The van der Waals surface area contributed by atoms with Crippen LogP contribution in [0.3, 0.4) is 0 Å². The predicted molar refractivity (Wildman–Crippen MR) is 66.4 cm³/mol. The number of hydrogen-bond acceptors (Lipinski definition) is 2. The third-order valence-corrected chi connectivity index (χ3v) is 2.61. The second kappa shape index (κ2) is 6.75. The zero-order chi connectivity index (χ0) is 13.6. The van der Waals surface area contributed by atoms with E-state index in [9.17, 15) is 13.2 Å². The molecule has 1 N–H and O–H groups in total. The molecule has 1 rings (SSSR count). The summed E-state index contributed by atoms with van der Waals surface area (Å²) in [6.07, 6.45) is -4.15. The van der Waals surface area contributed by atoms with Gasteiger partial charge in [0.05, 0.1) is 6.54 Å². The lowest BCUT2D eigenvalue weighted by Gasteiger charge is -2.23. The van der Waals surface area contributed by atoms with Gasteiger partial charge in [0.1, 0.15) is 0 Å². The molecule has 0 heterocycles. The average Bonchev–Trinajstić information content (AvgIpc) is 2.27. The third-order valence-electron chi connectivity index (χ3n) is 2.61. The number of halogens is 3. The molecule has 0 unspecified atom stereocenters. The van der Waals surface area contributed by atoms with Crippen LogP contribution in [0.4, 0.5) is 13.2 Å². The summed E-state index contributed by atoms with van der Waals surface area (Å²) in [4.78, 5) is 1.40. The third kappa shape index (κ3) is 6.02. The number of alkyl halides is 3. The minimum atomic E-state index is -4.15. The fourth-order valence-electron chi connectivity index (χ4n) is 1.69. The summed E-state index contributed by atoms with van der Waals surface area (Å²) in [6.45, 7) is 2.33. The standard InChI is InChI=1S/C13H19F3N2/c1-11-3-5-12(6-4-11)9-18(8-7-17-2)10-13(14,15)16/h3-6,17H,7-10H2,1-2H3. The van der Waals surface area contributed by atoms with Gasteiger partial charge in [-0.2, -0.15) is 13.2 Å². The van der Waals surface area contributed by atoms with E-state index in [0.717, 1.165) is 11.1 Å². The summed E-state index contributed by atoms with van der Waals surface area (Å²) in [5, 5.41) is 2.87. The Morgan fingerprint density at radius 3 is 2.28 bits per heavy atom. The lowest BCUT2D eigenvalue weighted by Crippen LogP contribution is -2.37. The Morgan fingerprint density at radius 2 is 1.78 bits per heavy atom. The molecule has 0 bridgehead atoms. The van der Waals surface area contributed by atoms with Gasteiger partial charge < -0.3 is 5.32 Å². The van der Waals surface area contributed by atoms with E-state index in [0.29, 0.717) is 19.6 Å². The molecular formula is C13H19F3N2. The molecule has 2 nitrogen and oxygen atoms in total. The van der Waals surface area contributed by atoms with Gasteiger partial charge in [0, 0.05) is 19.6 Å². The normalized spacial score (nSPS) is 12.1. The number of likely N-dealkylation sites (N-methyl/N-ethyl adjacent to an activating group) is 1. The fraction of sp³-hybridized carbons (Fsp3) is 0.538. The number of aryl methyl sites for hydroxylation is 1. The highest BCUT2D eigenvalue weighted by molar-refractivity contribution is 5.21. The number of nitrogens with zero attached hydrogens (tertiary/aromatic N) is 1. The maximum absolute atomic E-state index is 12.4. The van der Waals surface area contributed by atoms with E-state index in [1.165, 1.54) is 4.90 Å². The van der Waals surface area contributed by atoms with Crippen molar-refractivity contribution in [2.45, 2.75) is 19.6 Å². The molecule has 102 valence electrons. The molecule has 0 amide bonds. The maximum atomic E-state index is 12.4. The highest BCUT2D eigenvalue weighted by Gasteiger charge is 2.30. The smallest absolute Gasteiger partial charge is 0.318 e. The van der Waals surface area contributed by atoms with Gasteiger partial charge in [-0.1, -0.05) is 29.8 Å². The molecule has 0 aromatic heterocycles. The van der Waals surface area contributed by atoms with E-state index < -0.39 is 12.7 Å². The van der Waals surface area contributed by atoms with E-state index in [4.69, 9.17) is 0 Å². The van der Waals surface area contributed by atoms with Crippen LogP contribution in [0.15, 0.2) is 24.3 Å². The van der Waals surface area contributed by atoms with Crippen molar-refractivity contribution < 1.29 is 13.2 Å². The first-order chi connectivity index (χ1) is 8.40. The van der Waals surface area contributed by atoms with Crippen molar-refractivity contribution in [2.24, 2.45) is 0 Å². The number of benzene rings is 1. The van der Waals surface area contributed by atoms with Crippen LogP contribution in [0.2, 0.25) is 0 Å². The molecule has 0 aliphatic heterocycles. The van der Waals surface area contributed by atoms with Gasteiger partial charge in [0.2, 0.25) is 0 Å². The molecule has 5 heteroatoms. The summed E-state index contributed by atoms with van der Waals surface area (Å²) in [5.74, 6) is 0. The van der Waals surface area contributed by atoms with Gasteiger partial charge in [-0.15, -0.1) is 0 Å². The van der Waals surface area contributed by atoms with Crippen LogP contribution in [-0.2, 0) is 6.54 Å². The van der Waals surface area contributed by atoms with Crippen LogP contribution in [0.5, 0.6) is 0 Å². The topological polar surface area (TPSA) is 15.3 Å². The van der Waals surface area contributed by atoms with Crippen molar-refractivity contribution in [3.05, 3.63) is 35.4 Å². The van der Waals surface area contributed by atoms with Gasteiger partial charge in [-0.05, 0) is 19.5 Å². The van der Waals surface area contributed by atoms with Crippen LogP contribution < -0.4 is 5.32 Å². The first kappa shape index (κ1) is 15.0. The van der Waals surface area contributed by atoms with Gasteiger partial charge in [0.15, 0.2) is 0 Å². The largest absolute Gasteiger partial charge is 0.401 e. The molecule has 0 radical (unpaired) electrons. The zero-order valence-corrected chi connectivity index (χ0v) is 10.7. The summed E-state index contributed by atoms with van der Waals surface area (Å²) >= 11 is 0. The highest BCUT2D eigenvalue weighted by Crippen LogP contribution is 2.18. The van der Waals surface area contributed by atoms with Crippen molar-refractivity contribution in [1.82, 2.24) is 10.2 Å². The Morgan fingerprint density at radius 1 is 1.17 bits per heavy atom. The van der Waals surface area contributed by atoms with Gasteiger partial charge in [0.25, 0.3) is 0 Å². The van der Waals surface area contributed by atoms with E-state index in [1.807, 2.05) is 31.2 Å². The monoisotopic (exact) mass is 260 g/mol. The second-order valence-corrected chi connectivity index (χ2v) is 4.41. The molecule has 18 heavy (non-hydrogen) atoms. The van der Waals surface area contributed by atoms with E-state index in [1.54, 1.807) is 7.05 Å². The SMILES string of the molecule is CNCCN(Cc1ccc(C)cc1)CC(F)(F)F. The molecule has 0 aliphatic carbocycles. The van der Waals surface area contributed by atoms with Crippen LogP contribution in [0.25, 0.3) is 0 Å². The maximum Gasteiger partial charge on any atom is 0.401 e. The molecule has 0 fully saturated rings. The van der Waals surface area contributed by atoms with Crippen LogP contribution in [0.1, 0.15) is 11.1 Å². The Kier molecular flexibility index (Phi) is 5.62. The molecule has 1 aromatic rings. The fourth-order valence-corrected chi connectivity index (χ4v) is 1.69. The van der Waals surface area contributed by atoms with Gasteiger partial charge in [-0.25, -0.2) is 0 Å². The first-order valence-electron chi connectivity index (χ1n) is 5.90. The number of rotatable bonds is 6. The molecule has 0 saturated carbocycles. The molecular weight excluding hydrogens is 241 g/mol. The lowest BCUT2D eigenvalue weighted by atomic mass is 10.1. The Labute approximate surface area is 106 Å². The quantitative estimate of drug-likeness (QED) is 0.845. The zero-order valence-electron chi connectivity index (χ0n) is 10.7. The Hall–Kier alpha value is -1.07. The van der Waals surface area contributed by atoms with Crippen molar-refractivity contribution in [1.29, 1.82) is 0 Å². The van der Waals surface area contributed by atoms with Gasteiger partial charge in [-0.3, -0.25) is 4.90 Å². The first-order valence-corrected chi connectivity index (χ1v) is 5.90. The molecule has 0 saturated heterocycles. The molecule has 0 aliphatic rings. The number of hydrogen-bond donors (Lipinski definition) is 1. The van der Waals surface area contributed by atoms with Crippen LogP contribution >= 0.6 is 0 Å². The van der Waals surface area contributed by atoms with Crippen molar-refractivity contribution in [3.8, 4) is 0 Å². The second-order valence-electron chi connectivity index (χ2n) is 4.41. The summed E-state index contributed by atoms with van der Waals surface area (Å²) in [7, 11) is 1.73. The average molecular weight is 260 g/mol. The lowest BCUT2D eigenvalue weighted by molar-refractivity contribution is -0.146. The van der Waals surface area contributed by atoms with Crippen LogP contribution in [0, 0.1) is 6.92 Å². The Balaban J connectivity index is 2.62. The predicted octanol–water partition coefficient (Wildman–Crippen LogP) is 2.58. The van der Waals surface area contributed by atoms with Crippen molar-refractivity contribution in [3.63, 3.8) is 0 Å². The summed E-state index contributed by atoms with van der Waals surface area (Å²) in [6, 6.07) is 7.58.